The normalized spacial score (nSPS) is 12.7. The molecule has 5 heteroatoms. The molecule has 0 bridgehead atoms. The fourth-order valence-electron chi connectivity index (χ4n) is 2.06. The largest absolute Gasteiger partial charge is 0.314 e. The second-order valence-corrected chi connectivity index (χ2v) is 4.92. The van der Waals surface area contributed by atoms with Crippen LogP contribution in [0.3, 0.4) is 0 Å². The minimum absolute atomic E-state index is 0.194. The topological polar surface area (TPSA) is 46.9 Å². The van der Waals surface area contributed by atoms with Crippen molar-refractivity contribution < 1.29 is 4.79 Å². The average molecular weight is 272 g/mol. The second-order valence-electron chi connectivity index (χ2n) is 4.54. The third-order valence-corrected chi connectivity index (χ3v) is 3.40. The predicted octanol–water partition coefficient (Wildman–Crippen LogP) is 2.36. The Morgan fingerprint density at radius 2 is 2.17 bits per heavy atom. The molecule has 4 nitrogen and oxygen atoms in total. The van der Waals surface area contributed by atoms with Crippen molar-refractivity contribution in [3.05, 3.63) is 16.4 Å². The summed E-state index contributed by atoms with van der Waals surface area (Å²) >= 11 is 6.18. The van der Waals surface area contributed by atoms with Gasteiger partial charge in [0, 0.05) is 25.4 Å². The van der Waals surface area contributed by atoms with Crippen molar-refractivity contribution in [2.45, 2.75) is 53.1 Å². The van der Waals surface area contributed by atoms with Crippen LogP contribution in [0.4, 0.5) is 0 Å². The zero-order valence-corrected chi connectivity index (χ0v) is 12.3. The molecule has 1 rings (SSSR count). The van der Waals surface area contributed by atoms with Crippen LogP contribution in [0.1, 0.15) is 38.6 Å². The maximum atomic E-state index is 12.0. The first-order chi connectivity index (χ1) is 8.49. The Morgan fingerprint density at radius 1 is 1.50 bits per heavy atom. The van der Waals surface area contributed by atoms with Gasteiger partial charge in [-0.1, -0.05) is 18.5 Å². The van der Waals surface area contributed by atoms with Gasteiger partial charge in [-0.3, -0.25) is 9.48 Å². The molecular formula is C13H22ClN3O. The van der Waals surface area contributed by atoms with Gasteiger partial charge in [0.25, 0.3) is 0 Å². The summed E-state index contributed by atoms with van der Waals surface area (Å²) in [6.07, 6.45) is 0.890. The van der Waals surface area contributed by atoms with Crippen molar-refractivity contribution >= 4 is 17.4 Å². The number of hydrogen-bond donors (Lipinski definition) is 1. The Hall–Kier alpha value is -0.870. The number of Topliss-reactive ketones (excluding diaryl/α,β-unsaturated/α-hetero) is 1. The minimum atomic E-state index is 0.194. The van der Waals surface area contributed by atoms with E-state index in [-0.39, 0.29) is 11.8 Å². The number of nitrogens with zero attached hydrogens (tertiary/aromatic N) is 2. The number of aromatic nitrogens is 2. The molecule has 0 amide bonds. The van der Waals surface area contributed by atoms with E-state index in [1.165, 1.54) is 0 Å². The molecule has 0 saturated heterocycles. The highest BCUT2D eigenvalue weighted by Gasteiger charge is 2.17. The molecule has 0 saturated carbocycles. The lowest BCUT2D eigenvalue weighted by molar-refractivity contribution is -0.118. The van der Waals surface area contributed by atoms with E-state index in [4.69, 9.17) is 11.6 Å². The van der Waals surface area contributed by atoms with Crippen LogP contribution in [-0.2, 0) is 17.8 Å². The first kappa shape index (κ1) is 15.2. The van der Waals surface area contributed by atoms with E-state index < -0.39 is 0 Å². The van der Waals surface area contributed by atoms with Crippen molar-refractivity contribution in [1.82, 2.24) is 15.1 Å². The van der Waals surface area contributed by atoms with Gasteiger partial charge in [-0.05, 0) is 27.3 Å². The average Bonchev–Trinajstić information content (AvgIpc) is 2.57. The standard InChI is InChI=1S/C13H22ClN3O/c1-5-15-9(3)7-11(18)8-12-13(14)10(4)16-17(12)6-2/h9,15H,5-8H2,1-4H3. The summed E-state index contributed by atoms with van der Waals surface area (Å²) in [5.74, 6) is 0.194. The Morgan fingerprint density at radius 3 is 2.72 bits per heavy atom. The van der Waals surface area contributed by atoms with Crippen LogP contribution in [0, 0.1) is 6.92 Å². The van der Waals surface area contributed by atoms with Gasteiger partial charge in [0.15, 0.2) is 0 Å². The lowest BCUT2D eigenvalue weighted by Crippen LogP contribution is -2.28. The Labute approximate surface area is 114 Å². The summed E-state index contributed by atoms with van der Waals surface area (Å²) in [5.41, 5.74) is 1.63. The van der Waals surface area contributed by atoms with Gasteiger partial charge in [-0.25, -0.2) is 0 Å². The highest BCUT2D eigenvalue weighted by molar-refractivity contribution is 6.32. The Kier molecular flexibility index (Phi) is 5.82. The zero-order valence-electron chi connectivity index (χ0n) is 11.6. The molecule has 1 atom stereocenters. The third-order valence-electron chi connectivity index (χ3n) is 2.90. The van der Waals surface area contributed by atoms with E-state index in [9.17, 15) is 4.79 Å². The number of ketones is 1. The Balaban J connectivity index is 2.69. The van der Waals surface area contributed by atoms with Crippen LogP contribution in [0.2, 0.25) is 5.02 Å². The Bertz CT molecular complexity index is 415. The summed E-state index contributed by atoms with van der Waals surface area (Å²) in [7, 11) is 0. The van der Waals surface area contributed by atoms with Gasteiger partial charge in [0.1, 0.15) is 5.78 Å². The van der Waals surface area contributed by atoms with Crippen LogP contribution in [0.15, 0.2) is 0 Å². The molecule has 0 aromatic carbocycles. The van der Waals surface area contributed by atoms with Crippen molar-refractivity contribution in [2.24, 2.45) is 0 Å². The molecule has 102 valence electrons. The summed E-state index contributed by atoms with van der Waals surface area (Å²) in [6, 6.07) is 0.209. The van der Waals surface area contributed by atoms with Crippen molar-refractivity contribution in [1.29, 1.82) is 0 Å². The SMILES string of the molecule is CCNC(C)CC(=O)Cc1c(Cl)c(C)nn1CC. The second kappa shape index (κ2) is 6.90. The molecular weight excluding hydrogens is 250 g/mol. The number of carbonyl (C=O) groups excluding carboxylic acids is 1. The molecule has 0 fully saturated rings. The van der Waals surface area contributed by atoms with Crippen molar-refractivity contribution in [2.75, 3.05) is 6.54 Å². The fourth-order valence-corrected chi connectivity index (χ4v) is 2.26. The van der Waals surface area contributed by atoms with E-state index in [0.29, 0.717) is 17.9 Å². The molecule has 0 aliphatic carbocycles. The molecule has 0 aliphatic rings. The summed E-state index contributed by atoms with van der Waals surface area (Å²) in [4.78, 5) is 12.0. The maximum absolute atomic E-state index is 12.0. The number of hydrogen-bond acceptors (Lipinski definition) is 3. The summed E-state index contributed by atoms with van der Waals surface area (Å²) in [5, 5.41) is 8.17. The van der Waals surface area contributed by atoms with Crippen LogP contribution in [0.25, 0.3) is 0 Å². The van der Waals surface area contributed by atoms with Gasteiger partial charge in [-0.2, -0.15) is 5.10 Å². The molecule has 1 N–H and O–H groups in total. The van der Waals surface area contributed by atoms with Crippen LogP contribution < -0.4 is 5.32 Å². The zero-order chi connectivity index (χ0) is 13.7. The smallest absolute Gasteiger partial charge is 0.140 e. The first-order valence-electron chi connectivity index (χ1n) is 6.46. The monoisotopic (exact) mass is 271 g/mol. The number of rotatable bonds is 7. The third kappa shape index (κ3) is 3.82. The van der Waals surface area contributed by atoms with Gasteiger partial charge >= 0.3 is 0 Å². The predicted molar refractivity (Wildman–Crippen MR) is 74.1 cm³/mol. The van der Waals surface area contributed by atoms with Crippen LogP contribution in [-0.4, -0.2) is 28.2 Å². The molecule has 0 radical (unpaired) electrons. The lowest BCUT2D eigenvalue weighted by Gasteiger charge is -2.11. The van der Waals surface area contributed by atoms with Gasteiger partial charge in [-0.15, -0.1) is 0 Å². The van der Waals surface area contributed by atoms with E-state index in [1.807, 2.05) is 32.4 Å². The van der Waals surface area contributed by atoms with Crippen LogP contribution in [0.5, 0.6) is 0 Å². The maximum Gasteiger partial charge on any atom is 0.140 e. The lowest BCUT2D eigenvalue weighted by atomic mass is 10.1. The summed E-state index contributed by atoms with van der Waals surface area (Å²) < 4.78 is 1.81. The molecule has 1 unspecified atom stereocenters. The quantitative estimate of drug-likeness (QED) is 0.828. The number of halogens is 1. The molecule has 1 aromatic heterocycles. The van der Waals surface area contributed by atoms with E-state index >= 15 is 0 Å². The first-order valence-corrected chi connectivity index (χ1v) is 6.84. The highest BCUT2D eigenvalue weighted by atomic mass is 35.5. The summed E-state index contributed by atoms with van der Waals surface area (Å²) in [6.45, 7) is 9.53. The number of carbonyl (C=O) groups is 1. The van der Waals surface area contributed by atoms with Crippen LogP contribution >= 0.6 is 11.6 Å². The molecule has 1 aromatic rings. The molecule has 1 heterocycles. The van der Waals surface area contributed by atoms with Gasteiger partial charge < -0.3 is 5.32 Å². The molecule has 0 spiro atoms. The highest BCUT2D eigenvalue weighted by Crippen LogP contribution is 2.21. The van der Waals surface area contributed by atoms with E-state index in [2.05, 4.69) is 10.4 Å². The van der Waals surface area contributed by atoms with E-state index in [0.717, 1.165) is 24.5 Å². The van der Waals surface area contributed by atoms with Crippen molar-refractivity contribution in [3.8, 4) is 0 Å². The molecule has 0 aliphatic heterocycles. The molecule has 18 heavy (non-hydrogen) atoms. The van der Waals surface area contributed by atoms with E-state index in [1.54, 1.807) is 0 Å². The number of nitrogens with one attached hydrogen (secondary N) is 1. The number of aryl methyl sites for hydroxylation is 2. The van der Waals surface area contributed by atoms with Gasteiger partial charge in [0.05, 0.1) is 16.4 Å². The van der Waals surface area contributed by atoms with Gasteiger partial charge in [0.2, 0.25) is 0 Å². The minimum Gasteiger partial charge on any atom is -0.314 e. The fraction of sp³-hybridized carbons (Fsp3) is 0.692. The van der Waals surface area contributed by atoms with Crippen molar-refractivity contribution in [3.63, 3.8) is 0 Å².